The minimum Gasteiger partial charge on any atom is -0.497 e. The van der Waals surface area contributed by atoms with Crippen molar-refractivity contribution in [3.63, 3.8) is 0 Å². The Bertz CT molecular complexity index is 873. The van der Waals surface area contributed by atoms with Crippen LogP contribution in [0, 0.1) is 0 Å². The van der Waals surface area contributed by atoms with E-state index in [1.165, 1.54) is 19.2 Å². The molecule has 138 valence electrons. The average molecular weight is 374 g/mol. The molecule has 0 bridgehead atoms. The summed E-state index contributed by atoms with van der Waals surface area (Å²) in [6.07, 6.45) is 4.14. The summed E-state index contributed by atoms with van der Waals surface area (Å²) in [5, 5.41) is 2.99. The van der Waals surface area contributed by atoms with Gasteiger partial charge in [0.1, 0.15) is 5.75 Å². The van der Waals surface area contributed by atoms with Crippen LogP contribution in [0.15, 0.2) is 53.4 Å². The number of rotatable bonds is 6. The number of nitrogens with one attached hydrogen (secondary N) is 2. The summed E-state index contributed by atoms with van der Waals surface area (Å²) in [5.41, 5.74) is 0.579. The second-order valence-electron chi connectivity index (χ2n) is 6.28. The first-order valence-corrected chi connectivity index (χ1v) is 10.0. The Hall–Kier alpha value is -2.54. The fraction of sp³-hybridized carbons (Fsp3) is 0.316. The first-order valence-electron chi connectivity index (χ1n) is 8.56. The molecule has 1 aliphatic rings. The molecule has 1 aliphatic carbocycles. The van der Waals surface area contributed by atoms with E-state index in [1.807, 2.05) is 0 Å². The van der Waals surface area contributed by atoms with Crippen LogP contribution in [0.3, 0.4) is 0 Å². The van der Waals surface area contributed by atoms with Gasteiger partial charge in [0.15, 0.2) is 0 Å². The third kappa shape index (κ3) is 4.16. The highest BCUT2D eigenvalue weighted by molar-refractivity contribution is 7.92. The van der Waals surface area contributed by atoms with Crippen LogP contribution in [-0.2, 0) is 10.0 Å². The Balaban J connectivity index is 1.81. The second-order valence-corrected chi connectivity index (χ2v) is 7.96. The zero-order chi connectivity index (χ0) is 18.6. The number of ether oxygens (including phenoxy) is 1. The predicted octanol–water partition coefficient (Wildman–Crippen LogP) is 3.17. The summed E-state index contributed by atoms with van der Waals surface area (Å²) in [4.78, 5) is 12.7. The number of benzene rings is 2. The molecular formula is C19H22N2O4S. The SMILES string of the molecule is COc1ccc(S(=O)(=O)Nc2ccccc2C(=O)NC2CCCC2)cc1. The molecule has 0 radical (unpaired) electrons. The summed E-state index contributed by atoms with van der Waals surface area (Å²) in [6, 6.07) is 12.9. The molecule has 3 rings (SSSR count). The van der Waals surface area contributed by atoms with Gasteiger partial charge in [-0.05, 0) is 49.2 Å². The second kappa shape index (κ2) is 7.78. The lowest BCUT2D eigenvalue weighted by molar-refractivity contribution is 0.0939. The van der Waals surface area contributed by atoms with Crippen molar-refractivity contribution in [1.29, 1.82) is 0 Å². The molecule has 2 aromatic rings. The third-order valence-electron chi connectivity index (χ3n) is 4.48. The summed E-state index contributed by atoms with van der Waals surface area (Å²) < 4.78 is 32.8. The molecule has 0 atom stereocenters. The summed E-state index contributed by atoms with van der Waals surface area (Å²) >= 11 is 0. The molecule has 26 heavy (non-hydrogen) atoms. The molecule has 1 saturated carbocycles. The van der Waals surface area contributed by atoms with Crippen molar-refractivity contribution in [2.24, 2.45) is 0 Å². The largest absolute Gasteiger partial charge is 0.497 e. The van der Waals surface area contributed by atoms with Gasteiger partial charge in [-0.15, -0.1) is 0 Å². The van der Waals surface area contributed by atoms with E-state index in [9.17, 15) is 13.2 Å². The zero-order valence-corrected chi connectivity index (χ0v) is 15.4. The van der Waals surface area contributed by atoms with Crippen LogP contribution in [0.5, 0.6) is 5.75 Å². The Morgan fingerprint density at radius 3 is 2.35 bits per heavy atom. The van der Waals surface area contributed by atoms with Crippen LogP contribution < -0.4 is 14.8 Å². The lowest BCUT2D eigenvalue weighted by atomic mass is 10.1. The van der Waals surface area contributed by atoms with Crippen LogP contribution in [0.2, 0.25) is 0 Å². The first-order chi connectivity index (χ1) is 12.5. The highest BCUT2D eigenvalue weighted by atomic mass is 32.2. The molecule has 7 heteroatoms. The molecule has 0 saturated heterocycles. The topological polar surface area (TPSA) is 84.5 Å². The summed E-state index contributed by atoms with van der Waals surface area (Å²) in [6.45, 7) is 0. The van der Waals surface area contributed by atoms with Gasteiger partial charge in [0.05, 0.1) is 23.3 Å². The molecular weight excluding hydrogens is 352 g/mol. The number of hydrogen-bond donors (Lipinski definition) is 2. The van der Waals surface area contributed by atoms with Gasteiger partial charge in [0.25, 0.3) is 15.9 Å². The van der Waals surface area contributed by atoms with Crippen molar-refractivity contribution >= 4 is 21.6 Å². The number of carbonyl (C=O) groups excluding carboxylic acids is 1. The van der Waals surface area contributed by atoms with Gasteiger partial charge in [-0.1, -0.05) is 25.0 Å². The summed E-state index contributed by atoms with van der Waals surface area (Å²) in [7, 11) is -2.29. The van der Waals surface area contributed by atoms with E-state index in [-0.39, 0.29) is 22.5 Å². The number of carbonyl (C=O) groups is 1. The van der Waals surface area contributed by atoms with Crippen molar-refractivity contribution in [1.82, 2.24) is 5.32 Å². The van der Waals surface area contributed by atoms with E-state index in [1.54, 1.807) is 36.4 Å². The van der Waals surface area contributed by atoms with Crippen LogP contribution in [0.4, 0.5) is 5.69 Å². The molecule has 6 nitrogen and oxygen atoms in total. The Morgan fingerprint density at radius 1 is 1.04 bits per heavy atom. The van der Waals surface area contributed by atoms with Gasteiger partial charge in [0, 0.05) is 6.04 Å². The van der Waals surface area contributed by atoms with Crippen molar-refractivity contribution in [2.45, 2.75) is 36.6 Å². The normalized spacial score (nSPS) is 14.8. The quantitative estimate of drug-likeness (QED) is 0.813. The van der Waals surface area contributed by atoms with E-state index < -0.39 is 10.0 Å². The monoisotopic (exact) mass is 374 g/mol. The Labute approximate surface area is 153 Å². The molecule has 0 aliphatic heterocycles. The Kier molecular flexibility index (Phi) is 5.46. The minimum atomic E-state index is -3.81. The van der Waals surface area contributed by atoms with Crippen LogP contribution in [0.25, 0.3) is 0 Å². The van der Waals surface area contributed by atoms with Gasteiger partial charge in [0.2, 0.25) is 0 Å². The van der Waals surface area contributed by atoms with Crippen molar-refractivity contribution in [3.8, 4) is 5.75 Å². The number of para-hydroxylation sites is 1. The number of methoxy groups -OCH3 is 1. The summed E-state index contributed by atoms with van der Waals surface area (Å²) in [5.74, 6) is 0.310. The fourth-order valence-electron chi connectivity index (χ4n) is 3.06. The lowest BCUT2D eigenvalue weighted by Gasteiger charge is -2.15. The van der Waals surface area contributed by atoms with Crippen molar-refractivity contribution in [2.75, 3.05) is 11.8 Å². The minimum absolute atomic E-state index is 0.101. The maximum Gasteiger partial charge on any atom is 0.261 e. The van der Waals surface area contributed by atoms with Gasteiger partial charge >= 0.3 is 0 Å². The number of anilines is 1. The van der Waals surface area contributed by atoms with E-state index in [4.69, 9.17) is 4.74 Å². The van der Waals surface area contributed by atoms with Gasteiger partial charge in [-0.3, -0.25) is 9.52 Å². The smallest absolute Gasteiger partial charge is 0.261 e. The first kappa shape index (κ1) is 18.3. The molecule has 2 aromatic carbocycles. The molecule has 2 N–H and O–H groups in total. The molecule has 0 heterocycles. The maximum atomic E-state index is 12.6. The number of hydrogen-bond acceptors (Lipinski definition) is 4. The third-order valence-corrected chi connectivity index (χ3v) is 5.86. The van der Waals surface area contributed by atoms with E-state index in [0.717, 1.165) is 25.7 Å². The number of amides is 1. The predicted molar refractivity (Wildman–Crippen MR) is 100.0 cm³/mol. The fourth-order valence-corrected chi connectivity index (χ4v) is 4.14. The molecule has 0 aromatic heterocycles. The average Bonchev–Trinajstić information content (AvgIpc) is 3.15. The molecule has 1 fully saturated rings. The molecule has 0 unspecified atom stereocenters. The Morgan fingerprint density at radius 2 is 1.69 bits per heavy atom. The van der Waals surface area contributed by atoms with Gasteiger partial charge in [-0.25, -0.2) is 8.42 Å². The lowest BCUT2D eigenvalue weighted by Crippen LogP contribution is -2.33. The molecule has 0 spiro atoms. The van der Waals surface area contributed by atoms with Gasteiger partial charge < -0.3 is 10.1 Å². The van der Waals surface area contributed by atoms with E-state index in [2.05, 4.69) is 10.0 Å². The van der Waals surface area contributed by atoms with Crippen LogP contribution in [0.1, 0.15) is 36.0 Å². The van der Waals surface area contributed by atoms with Crippen molar-refractivity contribution in [3.05, 3.63) is 54.1 Å². The van der Waals surface area contributed by atoms with Crippen LogP contribution in [-0.4, -0.2) is 27.5 Å². The molecule has 1 amide bonds. The standard InChI is InChI=1S/C19H22N2O4S/c1-25-15-10-12-16(13-11-15)26(23,24)21-18-9-5-4-8-17(18)19(22)20-14-6-2-3-7-14/h4-5,8-14,21H,2-3,6-7H2,1H3,(H,20,22). The van der Waals surface area contributed by atoms with E-state index >= 15 is 0 Å². The zero-order valence-electron chi connectivity index (χ0n) is 14.6. The number of sulfonamides is 1. The van der Waals surface area contributed by atoms with Gasteiger partial charge in [-0.2, -0.15) is 0 Å². The van der Waals surface area contributed by atoms with E-state index in [0.29, 0.717) is 11.3 Å². The highest BCUT2D eigenvalue weighted by Gasteiger charge is 2.22. The highest BCUT2D eigenvalue weighted by Crippen LogP contribution is 2.23. The maximum absolute atomic E-state index is 12.6. The van der Waals surface area contributed by atoms with Crippen LogP contribution >= 0.6 is 0 Å². The van der Waals surface area contributed by atoms with Crippen molar-refractivity contribution < 1.29 is 17.9 Å².